The van der Waals surface area contributed by atoms with Gasteiger partial charge < -0.3 is 5.32 Å². The Balaban J connectivity index is 2.47. The molecule has 0 saturated heterocycles. The SMILES string of the molecule is CCCNc1nc(-c2ccnn2C)nc(C)c1CC. The molecule has 0 fully saturated rings. The van der Waals surface area contributed by atoms with Crippen LogP contribution in [-0.2, 0) is 13.5 Å². The van der Waals surface area contributed by atoms with E-state index in [2.05, 4.69) is 34.2 Å². The molecule has 0 unspecified atom stereocenters. The highest BCUT2D eigenvalue weighted by Gasteiger charge is 2.13. The van der Waals surface area contributed by atoms with E-state index in [9.17, 15) is 0 Å². The monoisotopic (exact) mass is 259 g/mol. The Morgan fingerprint density at radius 1 is 1.26 bits per heavy atom. The number of rotatable bonds is 5. The van der Waals surface area contributed by atoms with E-state index in [0.717, 1.165) is 42.4 Å². The summed E-state index contributed by atoms with van der Waals surface area (Å²) in [7, 11) is 1.90. The van der Waals surface area contributed by atoms with Crippen molar-refractivity contribution < 1.29 is 0 Å². The van der Waals surface area contributed by atoms with Crippen LogP contribution in [0.25, 0.3) is 11.5 Å². The lowest BCUT2D eigenvalue weighted by Gasteiger charge is -2.13. The van der Waals surface area contributed by atoms with Crippen LogP contribution in [0.2, 0.25) is 0 Å². The van der Waals surface area contributed by atoms with Gasteiger partial charge in [0.2, 0.25) is 0 Å². The lowest BCUT2D eigenvalue weighted by molar-refractivity contribution is 0.768. The summed E-state index contributed by atoms with van der Waals surface area (Å²) in [4.78, 5) is 9.27. The van der Waals surface area contributed by atoms with Gasteiger partial charge in [-0.3, -0.25) is 4.68 Å². The highest BCUT2D eigenvalue weighted by atomic mass is 15.3. The number of anilines is 1. The smallest absolute Gasteiger partial charge is 0.180 e. The van der Waals surface area contributed by atoms with Crippen molar-refractivity contribution in [3.8, 4) is 11.5 Å². The molecule has 0 aliphatic heterocycles. The molecule has 2 rings (SSSR count). The number of nitrogens with one attached hydrogen (secondary N) is 1. The van der Waals surface area contributed by atoms with Crippen molar-refractivity contribution >= 4 is 5.82 Å². The van der Waals surface area contributed by atoms with Gasteiger partial charge in [0.1, 0.15) is 11.5 Å². The van der Waals surface area contributed by atoms with Crippen molar-refractivity contribution in [3.05, 3.63) is 23.5 Å². The second-order valence-corrected chi connectivity index (χ2v) is 4.58. The molecule has 19 heavy (non-hydrogen) atoms. The van der Waals surface area contributed by atoms with E-state index in [1.807, 2.05) is 20.0 Å². The van der Waals surface area contributed by atoms with Gasteiger partial charge in [-0.25, -0.2) is 9.97 Å². The molecule has 0 spiro atoms. The average molecular weight is 259 g/mol. The molecule has 0 aliphatic carbocycles. The summed E-state index contributed by atoms with van der Waals surface area (Å²) >= 11 is 0. The van der Waals surface area contributed by atoms with Crippen LogP contribution in [0.3, 0.4) is 0 Å². The van der Waals surface area contributed by atoms with Crippen molar-refractivity contribution in [2.24, 2.45) is 7.05 Å². The molecular weight excluding hydrogens is 238 g/mol. The van der Waals surface area contributed by atoms with E-state index in [1.165, 1.54) is 5.56 Å². The van der Waals surface area contributed by atoms with Crippen LogP contribution in [0.15, 0.2) is 12.3 Å². The molecule has 5 nitrogen and oxygen atoms in total. The third kappa shape index (κ3) is 2.75. The molecule has 102 valence electrons. The predicted octanol–water partition coefficient (Wildman–Crippen LogP) is 2.57. The minimum absolute atomic E-state index is 0.730. The first-order valence-corrected chi connectivity index (χ1v) is 6.77. The third-order valence-electron chi connectivity index (χ3n) is 3.16. The van der Waals surface area contributed by atoms with Crippen molar-refractivity contribution in [3.63, 3.8) is 0 Å². The highest BCUT2D eigenvalue weighted by Crippen LogP contribution is 2.22. The minimum atomic E-state index is 0.730. The molecule has 1 N–H and O–H groups in total. The second kappa shape index (κ2) is 5.82. The van der Waals surface area contributed by atoms with Crippen LogP contribution in [0.1, 0.15) is 31.5 Å². The van der Waals surface area contributed by atoms with Gasteiger partial charge in [0.25, 0.3) is 0 Å². The zero-order valence-corrected chi connectivity index (χ0v) is 12.1. The summed E-state index contributed by atoms with van der Waals surface area (Å²) in [5, 5.41) is 7.57. The van der Waals surface area contributed by atoms with Gasteiger partial charge in [0, 0.05) is 31.0 Å². The van der Waals surface area contributed by atoms with E-state index in [-0.39, 0.29) is 0 Å². The van der Waals surface area contributed by atoms with Gasteiger partial charge in [-0.05, 0) is 25.8 Å². The maximum atomic E-state index is 4.66. The fraction of sp³-hybridized carbons (Fsp3) is 0.500. The molecule has 5 heteroatoms. The number of nitrogens with zero attached hydrogens (tertiary/aromatic N) is 4. The predicted molar refractivity (Wildman–Crippen MR) is 77.1 cm³/mol. The third-order valence-corrected chi connectivity index (χ3v) is 3.16. The van der Waals surface area contributed by atoms with Gasteiger partial charge in [-0.15, -0.1) is 0 Å². The standard InChI is InChI=1S/C14H21N5/c1-5-8-15-13-11(6-2)10(3)17-14(18-13)12-7-9-16-19(12)4/h7,9H,5-6,8H2,1-4H3,(H,15,17,18). The number of aryl methyl sites for hydroxylation is 2. The number of hydrogen-bond donors (Lipinski definition) is 1. The fourth-order valence-corrected chi connectivity index (χ4v) is 2.12. The summed E-state index contributed by atoms with van der Waals surface area (Å²) in [6.07, 6.45) is 3.78. The van der Waals surface area contributed by atoms with Gasteiger partial charge >= 0.3 is 0 Å². The van der Waals surface area contributed by atoms with Gasteiger partial charge in [-0.1, -0.05) is 13.8 Å². The molecule has 0 aromatic carbocycles. The molecule has 0 aliphatic rings. The molecule has 0 saturated carbocycles. The van der Waals surface area contributed by atoms with Gasteiger partial charge in [0.05, 0.1) is 0 Å². The first-order chi connectivity index (χ1) is 9.17. The topological polar surface area (TPSA) is 55.6 Å². The Bertz CT molecular complexity index is 559. The van der Waals surface area contributed by atoms with Gasteiger partial charge in [0.15, 0.2) is 5.82 Å². The average Bonchev–Trinajstić information content (AvgIpc) is 2.82. The highest BCUT2D eigenvalue weighted by molar-refractivity contribution is 5.56. The maximum absolute atomic E-state index is 4.66. The van der Waals surface area contributed by atoms with Crippen molar-refractivity contribution in [2.75, 3.05) is 11.9 Å². The van der Waals surface area contributed by atoms with Gasteiger partial charge in [-0.2, -0.15) is 5.10 Å². The summed E-state index contributed by atoms with van der Waals surface area (Å²) in [6.45, 7) is 7.24. The molecule has 2 aromatic rings. The Morgan fingerprint density at radius 3 is 2.63 bits per heavy atom. The largest absolute Gasteiger partial charge is 0.370 e. The Labute approximate surface area is 114 Å². The lowest BCUT2D eigenvalue weighted by Crippen LogP contribution is -2.10. The molecule has 0 bridgehead atoms. The van der Waals surface area contributed by atoms with Crippen molar-refractivity contribution in [2.45, 2.75) is 33.6 Å². The Morgan fingerprint density at radius 2 is 2.05 bits per heavy atom. The summed E-state index contributed by atoms with van der Waals surface area (Å²) in [5.74, 6) is 1.68. The molecule has 0 radical (unpaired) electrons. The zero-order chi connectivity index (χ0) is 13.8. The molecule has 0 amide bonds. The second-order valence-electron chi connectivity index (χ2n) is 4.58. The van der Waals surface area contributed by atoms with E-state index in [4.69, 9.17) is 0 Å². The molecule has 0 atom stereocenters. The fourth-order valence-electron chi connectivity index (χ4n) is 2.12. The lowest BCUT2D eigenvalue weighted by atomic mass is 10.1. The van der Waals surface area contributed by atoms with Crippen molar-refractivity contribution in [1.29, 1.82) is 0 Å². The molecular formula is C14H21N5. The number of hydrogen-bond acceptors (Lipinski definition) is 4. The zero-order valence-electron chi connectivity index (χ0n) is 12.1. The van der Waals surface area contributed by atoms with E-state index in [0.29, 0.717) is 0 Å². The van der Waals surface area contributed by atoms with Crippen LogP contribution in [-0.4, -0.2) is 26.3 Å². The molecule has 2 aromatic heterocycles. The first-order valence-electron chi connectivity index (χ1n) is 6.77. The van der Waals surface area contributed by atoms with Crippen molar-refractivity contribution in [1.82, 2.24) is 19.7 Å². The van der Waals surface area contributed by atoms with Crippen LogP contribution >= 0.6 is 0 Å². The molecule has 2 heterocycles. The summed E-state index contributed by atoms with van der Waals surface area (Å²) < 4.78 is 1.80. The Hall–Kier alpha value is -1.91. The van der Waals surface area contributed by atoms with Crippen LogP contribution in [0.4, 0.5) is 5.82 Å². The van der Waals surface area contributed by atoms with Crippen LogP contribution in [0, 0.1) is 6.92 Å². The normalized spacial score (nSPS) is 10.7. The summed E-state index contributed by atoms with van der Waals surface area (Å²) in [5.41, 5.74) is 3.16. The maximum Gasteiger partial charge on any atom is 0.180 e. The van der Waals surface area contributed by atoms with Crippen LogP contribution < -0.4 is 5.32 Å². The first kappa shape index (κ1) is 13.5. The van der Waals surface area contributed by atoms with Crippen LogP contribution in [0.5, 0.6) is 0 Å². The summed E-state index contributed by atoms with van der Waals surface area (Å²) in [6, 6.07) is 1.93. The quantitative estimate of drug-likeness (QED) is 0.896. The Kier molecular flexibility index (Phi) is 4.14. The minimum Gasteiger partial charge on any atom is -0.370 e. The van der Waals surface area contributed by atoms with E-state index < -0.39 is 0 Å². The number of aromatic nitrogens is 4. The van der Waals surface area contributed by atoms with E-state index in [1.54, 1.807) is 10.9 Å². The van der Waals surface area contributed by atoms with E-state index >= 15 is 0 Å².